The summed E-state index contributed by atoms with van der Waals surface area (Å²) in [6.07, 6.45) is 4.66. The number of hydrogen-bond donors (Lipinski definition) is 3. The Kier molecular flexibility index (Phi) is 9.46. The van der Waals surface area contributed by atoms with Gasteiger partial charge >= 0.3 is 0 Å². The molecule has 0 saturated carbocycles. The lowest BCUT2D eigenvalue weighted by molar-refractivity contribution is -0.149. The van der Waals surface area contributed by atoms with Gasteiger partial charge in [-0.3, -0.25) is 25.0 Å². The molecule has 2 aromatic rings. The molecule has 1 atom stereocenters. The fraction of sp³-hybridized carbons (Fsp3) is 0.440. The second-order valence-corrected chi connectivity index (χ2v) is 8.31. The first-order valence-corrected chi connectivity index (χ1v) is 11.8. The third-order valence-electron chi connectivity index (χ3n) is 5.92. The Labute approximate surface area is 210 Å². The SMILES string of the molecule is COc1cc(Nc2ncccc2CCCCC(=O)NC2CCC(=O)N(C)C2=O)cc(OCN)c1OC. The van der Waals surface area contributed by atoms with Crippen LogP contribution in [0.3, 0.4) is 0 Å². The predicted molar refractivity (Wildman–Crippen MR) is 133 cm³/mol. The number of unbranched alkanes of at least 4 members (excludes halogenated alkanes) is 1. The Morgan fingerprint density at radius 1 is 1.19 bits per heavy atom. The van der Waals surface area contributed by atoms with E-state index in [1.165, 1.54) is 21.3 Å². The molecule has 1 aliphatic rings. The lowest BCUT2D eigenvalue weighted by atomic mass is 10.0. The smallest absolute Gasteiger partial charge is 0.251 e. The molecule has 0 bridgehead atoms. The van der Waals surface area contributed by atoms with Crippen LogP contribution in [0.5, 0.6) is 17.2 Å². The molecule has 1 saturated heterocycles. The number of likely N-dealkylation sites (tertiary alicyclic amines) is 1. The van der Waals surface area contributed by atoms with E-state index < -0.39 is 6.04 Å². The number of rotatable bonds is 12. The Hall–Kier alpha value is -3.86. The van der Waals surface area contributed by atoms with Gasteiger partial charge in [-0.15, -0.1) is 0 Å². The summed E-state index contributed by atoms with van der Waals surface area (Å²) < 4.78 is 16.3. The first-order valence-electron chi connectivity index (χ1n) is 11.8. The number of ether oxygens (including phenoxy) is 3. The number of pyridine rings is 1. The van der Waals surface area contributed by atoms with Crippen molar-refractivity contribution in [3.8, 4) is 17.2 Å². The molecule has 36 heavy (non-hydrogen) atoms. The summed E-state index contributed by atoms with van der Waals surface area (Å²) in [6.45, 7) is -0.0187. The Morgan fingerprint density at radius 3 is 2.69 bits per heavy atom. The average molecular weight is 500 g/mol. The Balaban J connectivity index is 1.57. The van der Waals surface area contributed by atoms with E-state index in [-0.39, 0.29) is 30.9 Å². The number of carbonyl (C=O) groups is 3. The molecule has 1 fully saturated rings. The summed E-state index contributed by atoms with van der Waals surface area (Å²) >= 11 is 0. The number of piperidine rings is 1. The highest BCUT2D eigenvalue weighted by Crippen LogP contribution is 2.40. The first-order chi connectivity index (χ1) is 17.4. The minimum atomic E-state index is -0.635. The fourth-order valence-electron chi connectivity index (χ4n) is 4.01. The molecule has 3 amide bonds. The monoisotopic (exact) mass is 499 g/mol. The zero-order valence-corrected chi connectivity index (χ0v) is 20.8. The van der Waals surface area contributed by atoms with Gasteiger partial charge < -0.3 is 24.8 Å². The number of benzene rings is 1. The molecule has 1 unspecified atom stereocenters. The highest BCUT2D eigenvalue weighted by atomic mass is 16.5. The summed E-state index contributed by atoms with van der Waals surface area (Å²) in [4.78, 5) is 41.6. The van der Waals surface area contributed by atoms with Gasteiger partial charge in [-0.1, -0.05) is 6.07 Å². The van der Waals surface area contributed by atoms with E-state index in [0.29, 0.717) is 54.4 Å². The maximum absolute atomic E-state index is 12.3. The second kappa shape index (κ2) is 12.7. The summed E-state index contributed by atoms with van der Waals surface area (Å²) in [6, 6.07) is 6.74. The molecule has 1 aromatic heterocycles. The van der Waals surface area contributed by atoms with Crippen LogP contribution in [0.15, 0.2) is 30.5 Å². The molecule has 3 rings (SSSR count). The Morgan fingerprint density at radius 2 is 1.97 bits per heavy atom. The van der Waals surface area contributed by atoms with E-state index in [4.69, 9.17) is 19.9 Å². The molecule has 0 aliphatic carbocycles. The number of aryl methyl sites for hydroxylation is 1. The zero-order valence-electron chi connectivity index (χ0n) is 20.8. The molecule has 0 spiro atoms. The molecule has 11 heteroatoms. The lowest BCUT2D eigenvalue weighted by Gasteiger charge is -2.28. The normalized spacial score (nSPS) is 15.4. The molecule has 1 aromatic carbocycles. The maximum atomic E-state index is 12.3. The van der Waals surface area contributed by atoms with Gasteiger partial charge in [0.2, 0.25) is 17.6 Å². The van der Waals surface area contributed by atoms with Crippen LogP contribution >= 0.6 is 0 Å². The molecule has 194 valence electrons. The van der Waals surface area contributed by atoms with Crippen molar-refractivity contribution in [1.29, 1.82) is 0 Å². The third-order valence-corrected chi connectivity index (χ3v) is 5.92. The zero-order chi connectivity index (χ0) is 26.1. The molecule has 1 aliphatic heterocycles. The van der Waals surface area contributed by atoms with E-state index in [2.05, 4.69) is 15.6 Å². The number of likely N-dealkylation sites (N-methyl/N-ethyl adjacent to an activating group) is 1. The van der Waals surface area contributed by atoms with Crippen LogP contribution in [0.1, 0.15) is 37.7 Å². The van der Waals surface area contributed by atoms with Crippen LogP contribution in [0.25, 0.3) is 0 Å². The highest BCUT2D eigenvalue weighted by molar-refractivity contribution is 6.01. The summed E-state index contributed by atoms with van der Waals surface area (Å²) in [5.41, 5.74) is 7.22. The van der Waals surface area contributed by atoms with Crippen molar-refractivity contribution >= 4 is 29.2 Å². The number of nitrogens with two attached hydrogens (primary N) is 1. The number of amides is 3. The van der Waals surface area contributed by atoms with Gasteiger partial charge in [0.05, 0.1) is 14.2 Å². The second-order valence-electron chi connectivity index (χ2n) is 8.31. The first kappa shape index (κ1) is 26.7. The number of nitrogens with zero attached hydrogens (tertiary/aromatic N) is 2. The average Bonchev–Trinajstić information content (AvgIpc) is 2.87. The van der Waals surface area contributed by atoms with Crippen molar-refractivity contribution in [2.75, 3.05) is 33.3 Å². The third kappa shape index (κ3) is 6.63. The molecular formula is C25H33N5O6. The van der Waals surface area contributed by atoms with Crippen LogP contribution < -0.4 is 30.6 Å². The van der Waals surface area contributed by atoms with Gasteiger partial charge in [-0.2, -0.15) is 0 Å². The lowest BCUT2D eigenvalue weighted by Crippen LogP contribution is -2.52. The van der Waals surface area contributed by atoms with E-state index >= 15 is 0 Å². The van der Waals surface area contributed by atoms with E-state index in [1.54, 1.807) is 18.3 Å². The number of hydrogen-bond acceptors (Lipinski definition) is 9. The number of nitrogens with one attached hydrogen (secondary N) is 2. The number of aromatic nitrogens is 1. The van der Waals surface area contributed by atoms with Crippen LogP contribution in [-0.2, 0) is 20.8 Å². The van der Waals surface area contributed by atoms with E-state index in [9.17, 15) is 14.4 Å². The van der Waals surface area contributed by atoms with Crippen molar-refractivity contribution in [3.63, 3.8) is 0 Å². The summed E-state index contributed by atoms with van der Waals surface area (Å²) in [7, 11) is 4.51. The molecule has 11 nitrogen and oxygen atoms in total. The number of imide groups is 1. The van der Waals surface area contributed by atoms with Crippen LogP contribution in [0.2, 0.25) is 0 Å². The predicted octanol–water partition coefficient (Wildman–Crippen LogP) is 2.11. The van der Waals surface area contributed by atoms with Gasteiger partial charge in [0.1, 0.15) is 18.6 Å². The molecule has 0 radical (unpaired) electrons. The quantitative estimate of drug-likeness (QED) is 0.227. The molecule has 2 heterocycles. The van der Waals surface area contributed by atoms with E-state index in [0.717, 1.165) is 16.9 Å². The topological polar surface area (TPSA) is 145 Å². The van der Waals surface area contributed by atoms with Crippen molar-refractivity contribution < 1.29 is 28.6 Å². The van der Waals surface area contributed by atoms with Crippen LogP contribution in [0, 0.1) is 0 Å². The van der Waals surface area contributed by atoms with Gasteiger partial charge in [0.15, 0.2) is 11.5 Å². The Bertz CT molecular complexity index is 1090. The highest BCUT2D eigenvalue weighted by Gasteiger charge is 2.32. The van der Waals surface area contributed by atoms with Crippen LogP contribution in [-0.4, -0.2) is 61.6 Å². The molecular weight excluding hydrogens is 466 g/mol. The number of methoxy groups -OCH3 is 2. The van der Waals surface area contributed by atoms with E-state index in [1.807, 2.05) is 12.1 Å². The van der Waals surface area contributed by atoms with Gasteiger partial charge in [-0.05, 0) is 37.3 Å². The maximum Gasteiger partial charge on any atom is 0.251 e. The van der Waals surface area contributed by atoms with Gasteiger partial charge in [-0.25, -0.2) is 4.98 Å². The van der Waals surface area contributed by atoms with Crippen molar-refractivity contribution in [3.05, 3.63) is 36.0 Å². The van der Waals surface area contributed by atoms with Crippen molar-refractivity contribution in [1.82, 2.24) is 15.2 Å². The molecule has 4 N–H and O–H groups in total. The standard InChI is InChI=1S/C25H33N5O6/c1-30-22(32)11-10-18(25(30)33)29-21(31)9-5-4-7-16-8-6-12-27-24(16)28-17-13-19(34-2)23(35-3)20(14-17)36-15-26/h6,8,12-14,18H,4-5,7,9-11,15,26H2,1-3H3,(H,27,28)(H,29,31). The number of carbonyl (C=O) groups excluding carboxylic acids is 3. The van der Waals surface area contributed by atoms with Crippen molar-refractivity contribution in [2.45, 2.75) is 44.6 Å². The van der Waals surface area contributed by atoms with Crippen LogP contribution in [0.4, 0.5) is 11.5 Å². The number of anilines is 2. The summed E-state index contributed by atoms with van der Waals surface area (Å²) in [5.74, 6) is 1.27. The minimum Gasteiger partial charge on any atom is -0.493 e. The largest absolute Gasteiger partial charge is 0.493 e. The minimum absolute atomic E-state index is 0.0187. The van der Waals surface area contributed by atoms with Gasteiger partial charge in [0.25, 0.3) is 5.91 Å². The van der Waals surface area contributed by atoms with Gasteiger partial charge in [0, 0.05) is 43.9 Å². The fourth-order valence-corrected chi connectivity index (χ4v) is 4.01. The summed E-state index contributed by atoms with van der Waals surface area (Å²) in [5, 5.41) is 6.05. The van der Waals surface area contributed by atoms with Crippen molar-refractivity contribution in [2.24, 2.45) is 5.73 Å².